The molecule has 0 unspecified atom stereocenters. The lowest BCUT2D eigenvalue weighted by Crippen LogP contribution is -2.44. The molecule has 28 heavy (non-hydrogen) atoms. The minimum atomic E-state index is -0.332. The van der Waals surface area contributed by atoms with Crippen molar-refractivity contribution in [1.82, 2.24) is 15.2 Å². The number of amides is 1. The van der Waals surface area contributed by atoms with Gasteiger partial charge in [0, 0.05) is 42.9 Å². The summed E-state index contributed by atoms with van der Waals surface area (Å²) in [5.41, 5.74) is 2.90. The highest BCUT2D eigenvalue weighted by Gasteiger charge is 2.50. The molecule has 3 heterocycles. The number of carbonyl (C=O) groups excluding carboxylic acids is 1. The number of nitrogens with zero attached hydrogens (tertiary/aromatic N) is 1. The normalized spacial score (nSPS) is 31.2. The van der Waals surface area contributed by atoms with E-state index in [-0.39, 0.29) is 42.0 Å². The quantitative estimate of drug-likeness (QED) is 0.721. The fourth-order valence-electron chi connectivity index (χ4n) is 5.26. The van der Waals surface area contributed by atoms with E-state index in [1.807, 2.05) is 16.7 Å². The summed E-state index contributed by atoms with van der Waals surface area (Å²) in [7, 11) is 0. The summed E-state index contributed by atoms with van der Waals surface area (Å²) >= 11 is 0. The highest BCUT2D eigenvalue weighted by molar-refractivity contribution is 5.80. The number of carbonyl (C=O) groups is 1. The van der Waals surface area contributed by atoms with Crippen molar-refractivity contribution in [3.63, 3.8) is 0 Å². The van der Waals surface area contributed by atoms with Gasteiger partial charge in [0.15, 0.2) is 0 Å². The molecule has 4 aliphatic rings. The Hall–Kier alpha value is -1.92. The summed E-state index contributed by atoms with van der Waals surface area (Å²) in [6, 6.07) is 3.70. The lowest BCUT2D eigenvalue weighted by molar-refractivity contribution is -0.127. The van der Waals surface area contributed by atoms with Crippen molar-refractivity contribution in [1.29, 1.82) is 0 Å². The van der Waals surface area contributed by atoms with Crippen LogP contribution in [0.3, 0.4) is 0 Å². The largest absolute Gasteiger partial charge is 0.396 e. The number of hydrogen-bond acceptors (Lipinski definition) is 4. The van der Waals surface area contributed by atoms with Gasteiger partial charge < -0.3 is 20.3 Å². The molecule has 2 bridgehead atoms. The Bertz CT molecular complexity index is 870. The molecule has 2 aliphatic heterocycles. The van der Waals surface area contributed by atoms with Gasteiger partial charge in [0.2, 0.25) is 5.91 Å². The third kappa shape index (κ3) is 3.03. The zero-order valence-electron chi connectivity index (χ0n) is 16.2. The van der Waals surface area contributed by atoms with Crippen LogP contribution in [0.2, 0.25) is 0 Å². The van der Waals surface area contributed by atoms with Crippen LogP contribution in [0.15, 0.2) is 23.0 Å². The number of nitrogens with one attached hydrogen (secondary N) is 2. The summed E-state index contributed by atoms with van der Waals surface area (Å²) in [6.45, 7) is 1.20. The van der Waals surface area contributed by atoms with Gasteiger partial charge in [-0.1, -0.05) is 6.08 Å². The molecule has 1 aromatic rings. The van der Waals surface area contributed by atoms with Crippen LogP contribution in [0.5, 0.6) is 0 Å². The summed E-state index contributed by atoms with van der Waals surface area (Å²) in [5, 5.41) is 16.6. The Morgan fingerprint density at radius 3 is 2.86 bits per heavy atom. The number of allylic oxidation sites excluding steroid dienone is 2. The molecule has 1 saturated carbocycles. The first-order chi connectivity index (χ1) is 13.7. The van der Waals surface area contributed by atoms with Crippen LogP contribution in [0.4, 0.5) is 0 Å². The Labute approximate surface area is 165 Å². The fourth-order valence-corrected chi connectivity index (χ4v) is 5.26. The maximum Gasteiger partial charge on any atom is 0.258 e. The van der Waals surface area contributed by atoms with Gasteiger partial charge in [0.1, 0.15) is 0 Å². The monoisotopic (exact) mass is 383 g/mol. The molecule has 3 N–H and O–H groups in total. The second kappa shape index (κ2) is 7.16. The number of rotatable bonds is 5. The first-order valence-electron chi connectivity index (χ1n) is 10.7. The SMILES string of the molecule is O=C(NCC1CC1)[C@@H]1[C@@H](CO)[C@@H]2Cn3c(ccc(C4=CCCCC4)c3=O)[C@H]1N2. The van der Waals surface area contributed by atoms with E-state index in [1.54, 1.807) is 0 Å². The zero-order valence-corrected chi connectivity index (χ0v) is 16.2. The van der Waals surface area contributed by atoms with E-state index in [1.165, 1.54) is 19.3 Å². The van der Waals surface area contributed by atoms with E-state index >= 15 is 0 Å². The topological polar surface area (TPSA) is 83.4 Å². The average molecular weight is 383 g/mol. The maximum absolute atomic E-state index is 13.3. The highest BCUT2D eigenvalue weighted by Crippen LogP contribution is 2.41. The van der Waals surface area contributed by atoms with Gasteiger partial charge in [0.05, 0.1) is 12.0 Å². The molecule has 4 atom stereocenters. The van der Waals surface area contributed by atoms with Crippen LogP contribution >= 0.6 is 0 Å². The molecule has 1 saturated heterocycles. The first-order valence-corrected chi connectivity index (χ1v) is 10.7. The molecule has 1 amide bonds. The summed E-state index contributed by atoms with van der Waals surface area (Å²) in [6.07, 6.45) is 8.91. The van der Waals surface area contributed by atoms with Gasteiger partial charge >= 0.3 is 0 Å². The minimum Gasteiger partial charge on any atom is -0.396 e. The van der Waals surface area contributed by atoms with Gasteiger partial charge in [-0.05, 0) is 62.1 Å². The molecule has 150 valence electrons. The van der Waals surface area contributed by atoms with Crippen molar-refractivity contribution >= 4 is 11.5 Å². The van der Waals surface area contributed by atoms with E-state index in [4.69, 9.17) is 0 Å². The lowest BCUT2D eigenvalue weighted by Gasteiger charge is -2.28. The fraction of sp³-hybridized carbons (Fsp3) is 0.636. The van der Waals surface area contributed by atoms with Crippen LogP contribution < -0.4 is 16.2 Å². The number of aromatic nitrogens is 1. The van der Waals surface area contributed by atoms with E-state index < -0.39 is 0 Å². The third-order valence-electron chi connectivity index (χ3n) is 7.05. The van der Waals surface area contributed by atoms with Gasteiger partial charge in [-0.3, -0.25) is 9.59 Å². The predicted molar refractivity (Wildman–Crippen MR) is 107 cm³/mol. The van der Waals surface area contributed by atoms with E-state index in [0.29, 0.717) is 12.5 Å². The van der Waals surface area contributed by atoms with Crippen LogP contribution in [-0.2, 0) is 11.3 Å². The molecule has 2 aliphatic carbocycles. The van der Waals surface area contributed by atoms with Gasteiger partial charge in [0.25, 0.3) is 5.56 Å². The third-order valence-corrected chi connectivity index (χ3v) is 7.05. The molecule has 6 nitrogen and oxygen atoms in total. The number of pyridine rings is 1. The number of hydrogen-bond donors (Lipinski definition) is 3. The van der Waals surface area contributed by atoms with Crippen LogP contribution in [0.25, 0.3) is 5.57 Å². The first kappa shape index (κ1) is 18.1. The predicted octanol–water partition coefficient (Wildman–Crippen LogP) is 1.58. The van der Waals surface area contributed by atoms with Crippen molar-refractivity contribution < 1.29 is 9.90 Å². The number of aliphatic hydroxyl groups is 1. The molecular weight excluding hydrogens is 354 g/mol. The van der Waals surface area contributed by atoms with Crippen molar-refractivity contribution in [2.45, 2.75) is 57.2 Å². The smallest absolute Gasteiger partial charge is 0.258 e. The second-order valence-corrected chi connectivity index (χ2v) is 8.87. The molecule has 0 aromatic carbocycles. The Balaban J connectivity index is 1.47. The second-order valence-electron chi connectivity index (χ2n) is 8.87. The van der Waals surface area contributed by atoms with Gasteiger partial charge in [-0.15, -0.1) is 0 Å². The number of aliphatic hydroxyl groups excluding tert-OH is 1. The van der Waals surface area contributed by atoms with Crippen molar-refractivity contribution in [2.75, 3.05) is 13.2 Å². The summed E-state index contributed by atoms with van der Waals surface area (Å²) in [4.78, 5) is 26.2. The standard InChI is InChI=1S/C22H29N3O3/c26-12-16-17-11-25-18(9-8-15(22(25)28)14-4-2-1-3-5-14)20(24-17)19(16)21(27)23-10-13-6-7-13/h4,8-9,13,16-17,19-20,24,26H,1-3,5-7,10-12H2,(H,23,27)/t16-,17-,19+,20+/m0/s1. The minimum absolute atomic E-state index is 0.00548. The van der Waals surface area contributed by atoms with E-state index in [2.05, 4.69) is 16.7 Å². The molecular formula is C22H29N3O3. The molecule has 1 aromatic heterocycles. The van der Waals surface area contributed by atoms with Gasteiger partial charge in [-0.2, -0.15) is 0 Å². The molecule has 0 radical (unpaired) electrons. The lowest BCUT2D eigenvalue weighted by atomic mass is 9.86. The Morgan fingerprint density at radius 2 is 2.14 bits per heavy atom. The summed E-state index contributed by atoms with van der Waals surface area (Å²) < 4.78 is 1.85. The Kier molecular flexibility index (Phi) is 4.63. The molecule has 5 rings (SSSR count). The van der Waals surface area contributed by atoms with E-state index in [0.717, 1.165) is 42.6 Å². The van der Waals surface area contributed by atoms with Crippen LogP contribution in [-0.4, -0.2) is 34.8 Å². The van der Waals surface area contributed by atoms with Crippen molar-refractivity contribution in [3.8, 4) is 0 Å². The highest BCUT2D eigenvalue weighted by atomic mass is 16.3. The van der Waals surface area contributed by atoms with Crippen molar-refractivity contribution in [3.05, 3.63) is 39.8 Å². The average Bonchev–Trinajstić information content (AvgIpc) is 3.50. The Morgan fingerprint density at radius 1 is 1.29 bits per heavy atom. The van der Waals surface area contributed by atoms with E-state index in [9.17, 15) is 14.7 Å². The van der Waals surface area contributed by atoms with Crippen LogP contribution in [0, 0.1) is 17.8 Å². The zero-order chi connectivity index (χ0) is 19.3. The molecule has 2 fully saturated rings. The van der Waals surface area contributed by atoms with Gasteiger partial charge in [-0.25, -0.2) is 0 Å². The van der Waals surface area contributed by atoms with Crippen molar-refractivity contribution in [2.24, 2.45) is 17.8 Å². The molecule has 0 spiro atoms. The van der Waals surface area contributed by atoms with Crippen LogP contribution in [0.1, 0.15) is 55.8 Å². The maximum atomic E-state index is 13.3. The summed E-state index contributed by atoms with van der Waals surface area (Å²) in [5.74, 6) is 0.125. The molecule has 6 heteroatoms. The number of fused-ring (bicyclic) bond motifs is 4.